The lowest BCUT2D eigenvalue weighted by Gasteiger charge is -2.05. The van der Waals surface area contributed by atoms with E-state index in [9.17, 15) is 0 Å². The van der Waals surface area contributed by atoms with Gasteiger partial charge >= 0.3 is 0 Å². The zero-order valence-electron chi connectivity index (χ0n) is 9.50. The molecule has 0 saturated heterocycles. The van der Waals surface area contributed by atoms with Gasteiger partial charge in [0.05, 0.1) is 23.6 Å². The Labute approximate surface area is 98.1 Å². The number of pyridine rings is 2. The summed E-state index contributed by atoms with van der Waals surface area (Å²) in [6.07, 6.45) is 5.29. The van der Waals surface area contributed by atoms with E-state index in [1.54, 1.807) is 18.7 Å². The van der Waals surface area contributed by atoms with Crippen molar-refractivity contribution in [3.05, 3.63) is 30.9 Å². The molecule has 0 N–H and O–H groups in total. The second-order valence-corrected chi connectivity index (χ2v) is 3.70. The Balaban J connectivity index is 2.27. The molecule has 0 aliphatic rings. The Bertz CT molecular complexity index is 662. The highest BCUT2D eigenvalue weighted by atomic mass is 16.5. The first-order valence-corrected chi connectivity index (χ1v) is 5.52. The molecular weight excluding hydrogens is 216 g/mol. The van der Waals surface area contributed by atoms with E-state index in [0.29, 0.717) is 13.3 Å². The average Bonchev–Trinajstić information content (AvgIpc) is 2.80. The van der Waals surface area contributed by atoms with E-state index in [1.165, 1.54) is 0 Å². The second kappa shape index (κ2) is 4.10. The Morgan fingerprint density at radius 1 is 1.24 bits per heavy atom. The van der Waals surface area contributed by atoms with E-state index in [4.69, 9.17) is 4.74 Å². The fourth-order valence-electron chi connectivity index (χ4n) is 1.85. The largest absolute Gasteiger partial charge is 0.361 e. The standard InChI is InChI=1S/C12H12N4O/c1-2-17-8-16-7-15-10-6-14-9-4-3-5-13-11(9)12(10)16/h3-7H,2,8H2,1H3. The third-order valence-corrected chi connectivity index (χ3v) is 2.64. The van der Waals surface area contributed by atoms with Gasteiger partial charge < -0.3 is 9.30 Å². The maximum Gasteiger partial charge on any atom is 0.124 e. The van der Waals surface area contributed by atoms with Crippen molar-refractivity contribution in [2.75, 3.05) is 6.61 Å². The highest BCUT2D eigenvalue weighted by Gasteiger charge is 2.08. The predicted molar refractivity (Wildman–Crippen MR) is 64.5 cm³/mol. The molecule has 3 aromatic heterocycles. The van der Waals surface area contributed by atoms with Crippen molar-refractivity contribution >= 4 is 22.1 Å². The smallest absolute Gasteiger partial charge is 0.124 e. The van der Waals surface area contributed by atoms with Crippen LogP contribution in [0, 0.1) is 0 Å². The molecule has 86 valence electrons. The van der Waals surface area contributed by atoms with E-state index < -0.39 is 0 Å². The molecule has 5 nitrogen and oxygen atoms in total. The molecule has 0 aromatic carbocycles. The van der Waals surface area contributed by atoms with Crippen LogP contribution in [0.1, 0.15) is 6.92 Å². The third-order valence-electron chi connectivity index (χ3n) is 2.64. The number of ether oxygens (including phenoxy) is 1. The first-order chi connectivity index (χ1) is 8.40. The van der Waals surface area contributed by atoms with Crippen molar-refractivity contribution in [1.82, 2.24) is 19.5 Å². The first-order valence-electron chi connectivity index (χ1n) is 5.52. The van der Waals surface area contributed by atoms with Gasteiger partial charge in [-0.05, 0) is 19.1 Å². The van der Waals surface area contributed by atoms with Crippen LogP contribution < -0.4 is 0 Å². The molecule has 0 spiro atoms. The van der Waals surface area contributed by atoms with Crippen LogP contribution in [-0.2, 0) is 11.5 Å². The van der Waals surface area contributed by atoms with Gasteiger partial charge in [0.2, 0.25) is 0 Å². The maximum atomic E-state index is 5.41. The Hall–Kier alpha value is -2.01. The van der Waals surface area contributed by atoms with Crippen LogP contribution in [0.25, 0.3) is 22.1 Å². The summed E-state index contributed by atoms with van der Waals surface area (Å²) in [6.45, 7) is 3.13. The van der Waals surface area contributed by atoms with Gasteiger partial charge in [0.15, 0.2) is 0 Å². The van der Waals surface area contributed by atoms with Gasteiger partial charge in [-0.1, -0.05) is 0 Å². The van der Waals surface area contributed by atoms with Gasteiger partial charge in [-0.3, -0.25) is 9.97 Å². The molecule has 0 aliphatic carbocycles. The number of nitrogens with zero attached hydrogens (tertiary/aromatic N) is 4. The van der Waals surface area contributed by atoms with E-state index in [0.717, 1.165) is 22.1 Å². The lowest BCUT2D eigenvalue weighted by atomic mass is 10.3. The minimum Gasteiger partial charge on any atom is -0.361 e. The van der Waals surface area contributed by atoms with Crippen molar-refractivity contribution in [3.63, 3.8) is 0 Å². The number of hydrogen-bond donors (Lipinski definition) is 0. The quantitative estimate of drug-likeness (QED) is 0.687. The lowest BCUT2D eigenvalue weighted by molar-refractivity contribution is 0.0906. The predicted octanol–water partition coefficient (Wildman–Crippen LogP) is 1.97. The summed E-state index contributed by atoms with van der Waals surface area (Å²) in [6, 6.07) is 3.82. The zero-order valence-corrected chi connectivity index (χ0v) is 9.50. The van der Waals surface area contributed by atoms with Gasteiger partial charge in [-0.2, -0.15) is 0 Å². The number of rotatable bonds is 3. The molecule has 3 heterocycles. The molecule has 5 heteroatoms. The topological polar surface area (TPSA) is 52.8 Å². The van der Waals surface area contributed by atoms with Crippen LogP contribution in [-0.4, -0.2) is 26.1 Å². The maximum absolute atomic E-state index is 5.41. The highest BCUT2D eigenvalue weighted by Crippen LogP contribution is 2.20. The normalized spacial score (nSPS) is 11.4. The van der Waals surface area contributed by atoms with Crippen LogP contribution in [0.15, 0.2) is 30.9 Å². The van der Waals surface area contributed by atoms with Crippen molar-refractivity contribution < 1.29 is 4.74 Å². The third kappa shape index (κ3) is 1.64. The van der Waals surface area contributed by atoms with Gasteiger partial charge in [0.1, 0.15) is 17.8 Å². The molecule has 3 aromatic rings. The van der Waals surface area contributed by atoms with Crippen molar-refractivity contribution in [2.24, 2.45) is 0 Å². The summed E-state index contributed by atoms with van der Waals surface area (Å²) >= 11 is 0. The van der Waals surface area contributed by atoms with Crippen molar-refractivity contribution in [3.8, 4) is 0 Å². The summed E-state index contributed by atoms with van der Waals surface area (Å²) in [5.74, 6) is 0. The summed E-state index contributed by atoms with van der Waals surface area (Å²) < 4.78 is 7.36. The van der Waals surface area contributed by atoms with Crippen LogP contribution in [0.4, 0.5) is 0 Å². The minimum absolute atomic E-state index is 0.489. The average molecular weight is 228 g/mol. The molecule has 3 rings (SSSR count). The first kappa shape index (κ1) is 10.2. The molecule has 0 saturated carbocycles. The summed E-state index contributed by atoms with van der Waals surface area (Å²) in [7, 11) is 0. The van der Waals surface area contributed by atoms with E-state index in [-0.39, 0.29) is 0 Å². The molecule has 0 aliphatic heterocycles. The number of hydrogen-bond acceptors (Lipinski definition) is 4. The number of aromatic nitrogens is 4. The van der Waals surface area contributed by atoms with Gasteiger partial charge in [0.25, 0.3) is 0 Å². The molecule has 0 bridgehead atoms. The molecule has 0 amide bonds. The number of imidazole rings is 1. The summed E-state index contributed by atoms with van der Waals surface area (Å²) in [4.78, 5) is 13.0. The van der Waals surface area contributed by atoms with E-state index in [2.05, 4.69) is 15.0 Å². The summed E-state index contributed by atoms with van der Waals surface area (Å²) in [5.41, 5.74) is 3.56. The van der Waals surface area contributed by atoms with Gasteiger partial charge in [-0.25, -0.2) is 4.98 Å². The van der Waals surface area contributed by atoms with Crippen molar-refractivity contribution in [1.29, 1.82) is 0 Å². The van der Waals surface area contributed by atoms with Crippen LogP contribution in [0.5, 0.6) is 0 Å². The molecule has 0 unspecified atom stereocenters. The minimum atomic E-state index is 0.489. The van der Waals surface area contributed by atoms with Crippen LogP contribution in [0.2, 0.25) is 0 Å². The highest BCUT2D eigenvalue weighted by molar-refractivity contribution is 5.99. The van der Waals surface area contributed by atoms with Crippen LogP contribution in [0.3, 0.4) is 0 Å². The second-order valence-electron chi connectivity index (χ2n) is 3.70. The molecule has 0 atom stereocenters. The summed E-state index contributed by atoms with van der Waals surface area (Å²) in [5, 5.41) is 0. The van der Waals surface area contributed by atoms with Gasteiger partial charge in [0, 0.05) is 12.8 Å². The number of fused-ring (bicyclic) bond motifs is 3. The zero-order chi connectivity index (χ0) is 11.7. The SMILES string of the molecule is CCOCn1cnc2cnc3cccnc3c21. The lowest BCUT2D eigenvalue weighted by Crippen LogP contribution is -2.01. The van der Waals surface area contributed by atoms with E-state index in [1.807, 2.05) is 23.6 Å². The van der Waals surface area contributed by atoms with Gasteiger partial charge in [-0.15, -0.1) is 0 Å². The Morgan fingerprint density at radius 3 is 3.06 bits per heavy atom. The monoisotopic (exact) mass is 228 g/mol. The Kier molecular flexibility index (Phi) is 2.45. The molecule has 0 radical (unpaired) electrons. The fourth-order valence-corrected chi connectivity index (χ4v) is 1.85. The fraction of sp³-hybridized carbons (Fsp3) is 0.250. The molecule has 17 heavy (non-hydrogen) atoms. The molecule has 0 fully saturated rings. The molecular formula is C12H12N4O. The van der Waals surface area contributed by atoms with E-state index >= 15 is 0 Å². The van der Waals surface area contributed by atoms with Crippen molar-refractivity contribution in [2.45, 2.75) is 13.7 Å². The van der Waals surface area contributed by atoms with Crippen LogP contribution >= 0.6 is 0 Å². The Morgan fingerprint density at radius 2 is 2.18 bits per heavy atom.